The number of carbonyl (C=O) groups excluding carboxylic acids is 1. The highest BCUT2D eigenvalue weighted by Crippen LogP contribution is 2.04. The summed E-state index contributed by atoms with van der Waals surface area (Å²) < 4.78 is 0. The zero-order valence-electron chi connectivity index (χ0n) is 9.74. The van der Waals surface area contributed by atoms with Crippen molar-refractivity contribution in [3.8, 4) is 6.07 Å². The fourth-order valence-corrected chi connectivity index (χ4v) is 1.54. The van der Waals surface area contributed by atoms with E-state index >= 15 is 0 Å². The maximum absolute atomic E-state index is 11.7. The third kappa shape index (κ3) is 4.88. The first-order valence-corrected chi connectivity index (χ1v) is 5.99. The van der Waals surface area contributed by atoms with E-state index in [2.05, 4.69) is 5.32 Å². The van der Waals surface area contributed by atoms with E-state index in [0.717, 1.165) is 12.8 Å². The number of nitrogens with zero attached hydrogens (tertiary/aromatic N) is 1. The smallest absolute Gasteiger partial charge is 0.251 e. The van der Waals surface area contributed by atoms with Crippen molar-refractivity contribution in [3.63, 3.8) is 0 Å². The fourth-order valence-electron chi connectivity index (χ4n) is 1.38. The molecule has 1 atom stereocenters. The monoisotopic (exact) mass is 250 g/mol. The number of rotatable bonds is 5. The molecule has 0 spiro atoms. The molecule has 0 heterocycles. The molecule has 1 rings (SSSR count). The predicted molar refractivity (Wildman–Crippen MR) is 68.0 cm³/mol. The van der Waals surface area contributed by atoms with Crippen LogP contribution < -0.4 is 5.32 Å². The summed E-state index contributed by atoms with van der Waals surface area (Å²) in [5.41, 5.74) is 1.13. The number of carbonyl (C=O) groups is 1. The van der Waals surface area contributed by atoms with Crippen molar-refractivity contribution in [1.82, 2.24) is 5.32 Å². The van der Waals surface area contributed by atoms with E-state index in [1.165, 1.54) is 0 Å². The van der Waals surface area contributed by atoms with E-state index in [-0.39, 0.29) is 11.3 Å². The van der Waals surface area contributed by atoms with Gasteiger partial charge in [-0.3, -0.25) is 4.79 Å². The van der Waals surface area contributed by atoms with Crippen LogP contribution in [0.3, 0.4) is 0 Å². The number of nitriles is 1. The van der Waals surface area contributed by atoms with Crippen LogP contribution in [-0.2, 0) is 0 Å². The van der Waals surface area contributed by atoms with Gasteiger partial charge in [-0.25, -0.2) is 0 Å². The molecule has 1 aromatic rings. The quantitative estimate of drug-likeness (QED) is 0.645. The minimum atomic E-state index is -0.114. The van der Waals surface area contributed by atoms with Gasteiger partial charge in [0.2, 0.25) is 0 Å². The van der Waals surface area contributed by atoms with Gasteiger partial charge >= 0.3 is 0 Å². The van der Waals surface area contributed by atoms with Gasteiger partial charge in [-0.05, 0) is 44.0 Å². The maximum Gasteiger partial charge on any atom is 0.251 e. The van der Waals surface area contributed by atoms with E-state index in [1.807, 2.05) is 13.0 Å². The van der Waals surface area contributed by atoms with Crippen LogP contribution in [0.15, 0.2) is 24.3 Å². The summed E-state index contributed by atoms with van der Waals surface area (Å²) in [5, 5.41) is 11.6. The molecule has 0 aliphatic rings. The largest absolute Gasteiger partial charge is 0.352 e. The Kier molecular flexibility index (Phi) is 5.51. The highest BCUT2D eigenvalue weighted by Gasteiger charge is 2.04. The molecule has 1 amide bonds. The van der Waals surface area contributed by atoms with E-state index in [9.17, 15) is 4.79 Å². The van der Waals surface area contributed by atoms with Crippen LogP contribution in [0.2, 0.25) is 0 Å². The third-order valence-corrected chi connectivity index (χ3v) is 2.56. The van der Waals surface area contributed by atoms with Gasteiger partial charge in [-0.1, -0.05) is 0 Å². The standard InChI is InChI=1S/C13H15ClN2O/c1-10(14)3-2-8-16-13(17)12-6-4-11(9-15)5-7-12/h4-7,10H,2-3,8H2,1H3,(H,16,17). The first-order chi connectivity index (χ1) is 8.13. The molecule has 4 heteroatoms. The lowest BCUT2D eigenvalue weighted by molar-refractivity contribution is 0.0953. The van der Waals surface area contributed by atoms with E-state index < -0.39 is 0 Å². The molecule has 0 aromatic heterocycles. The number of amides is 1. The average Bonchev–Trinajstić information content (AvgIpc) is 2.34. The van der Waals surface area contributed by atoms with Gasteiger partial charge in [0, 0.05) is 17.5 Å². The van der Waals surface area contributed by atoms with Gasteiger partial charge in [0.25, 0.3) is 5.91 Å². The first kappa shape index (κ1) is 13.5. The Morgan fingerprint density at radius 1 is 1.47 bits per heavy atom. The molecule has 0 fully saturated rings. The predicted octanol–water partition coefficient (Wildman–Crippen LogP) is 2.70. The summed E-state index contributed by atoms with van der Waals surface area (Å²) in [7, 11) is 0. The minimum absolute atomic E-state index is 0.114. The Morgan fingerprint density at radius 2 is 2.12 bits per heavy atom. The molecular formula is C13H15ClN2O. The van der Waals surface area contributed by atoms with Crippen LogP contribution in [0, 0.1) is 11.3 Å². The van der Waals surface area contributed by atoms with Crippen LogP contribution >= 0.6 is 11.6 Å². The Balaban J connectivity index is 2.39. The first-order valence-electron chi connectivity index (χ1n) is 5.56. The number of benzene rings is 1. The Hall–Kier alpha value is -1.53. The summed E-state index contributed by atoms with van der Waals surface area (Å²) in [5.74, 6) is -0.114. The SMILES string of the molecule is CC(Cl)CCCNC(=O)c1ccc(C#N)cc1. The molecule has 1 N–H and O–H groups in total. The Morgan fingerprint density at radius 3 is 2.65 bits per heavy atom. The summed E-state index contributed by atoms with van der Waals surface area (Å²) >= 11 is 5.80. The maximum atomic E-state index is 11.7. The molecule has 3 nitrogen and oxygen atoms in total. The molecule has 0 radical (unpaired) electrons. The lowest BCUT2D eigenvalue weighted by Crippen LogP contribution is -2.24. The Bertz CT molecular complexity index is 406. The van der Waals surface area contributed by atoms with Gasteiger partial charge in [-0.2, -0.15) is 5.26 Å². The van der Waals surface area contributed by atoms with Crippen molar-refractivity contribution in [2.75, 3.05) is 6.54 Å². The summed E-state index contributed by atoms with van der Waals surface area (Å²) in [6, 6.07) is 8.58. The second-order valence-electron chi connectivity index (χ2n) is 3.87. The minimum Gasteiger partial charge on any atom is -0.352 e. The average molecular weight is 251 g/mol. The molecule has 1 unspecified atom stereocenters. The van der Waals surface area contributed by atoms with E-state index in [0.29, 0.717) is 17.7 Å². The normalized spacial score (nSPS) is 11.6. The highest BCUT2D eigenvalue weighted by atomic mass is 35.5. The molecule has 0 aliphatic heterocycles. The number of hydrogen-bond donors (Lipinski definition) is 1. The van der Waals surface area contributed by atoms with Crippen molar-refractivity contribution in [1.29, 1.82) is 5.26 Å². The summed E-state index contributed by atoms with van der Waals surface area (Å²) in [6.07, 6.45) is 1.75. The third-order valence-electron chi connectivity index (χ3n) is 2.34. The van der Waals surface area contributed by atoms with Crippen LogP contribution in [0.4, 0.5) is 0 Å². The van der Waals surface area contributed by atoms with Crippen molar-refractivity contribution >= 4 is 17.5 Å². The molecule has 0 saturated carbocycles. The molecule has 0 bridgehead atoms. The lowest BCUT2D eigenvalue weighted by Gasteiger charge is -2.06. The van der Waals surface area contributed by atoms with Gasteiger partial charge in [0.05, 0.1) is 11.6 Å². The second kappa shape index (κ2) is 6.93. The molecule has 17 heavy (non-hydrogen) atoms. The van der Waals surface area contributed by atoms with E-state index in [1.54, 1.807) is 24.3 Å². The summed E-state index contributed by atoms with van der Waals surface area (Å²) in [6.45, 7) is 2.56. The summed E-state index contributed by atoms with van der Waals surface area (Å²) in [4.78, 5) is 11.7. The van der Waals surface area contributed by atoms with E-state index in [4.69, 9.17) is 16.9 Å². The zero-order valence-corrected chi connectivity index (χ0v) is 10.5. The van der Waals surface area contributed by atoms with Crippen LogP contribution in [-0.4, -0.2) is 17.8 Å². The molecular weight excluding hydrogens is 236 g/mol. The lowest BCUT2D eigenvalue weighted by atomic mass is 10.1. The second-order valence-corrected chi connectivity index (χ2v) is 4.61. The van der Waals surface area contributed by atoms with Crippen LogP contribution in [0.5, 0.6) is 0 Å². The fraction of sp³-hybridized carbons (Fsp3) is 0.385. The number of alkyl halides is 1. The molecule has 0 aliphatic carbocycles. The van der Waals surface area contributed by atoms with Gasteiger partial charge in [0.1, 0.15) is 0 Å². The highest BCUT2D eigenvalue weighted by molar-refractivity contribution is 6.20. The zero-order chi connectivity index (χ0) is 12.7. The molecule has 0 saturated heterocycles. The van der Waals surface area contributed by atoms with Crippen LogP contribution in [0.1, 0.15) is 35.7 Å². The van der Waals surface area contributed by atoms with Gasteiger partial charge in [0.15, 0.2) is 0 Å². The Labute approximate surface area is 106 Å². The number of hydrogen-bond acceptors (Lipinski definition) is 2. The van der Waals surface area contributed by atoms with Crippen LogP contribution in [0.25, 0.3) is 0 Å². The van der Waals surface area contributed by atoms with Crippen molar-refractivity contribution in [2.24, 2.45) is 0 Å². The number of halogens is 1. The van der Waals surface area contributed by atoms with Gasteiger partial charge < -0.3 is 5.32 Å². The van der Waals surface area contributed by atoms with Crippen molar-refractivity contribution < 1.29 is 4.79 Å². The van der Waals surface area contributed by atoms with Gasteiger partial charge in [-0.15, -0.1) is 11.6 Å². The number of nitrogens with one attached hydrogen (secondary N) is 1. The topological polar surface area (TPSA) is 52.9 Å². The van der Waals surface area contributed by atoms with Crippen molar-refractivity contribution in [2.45, 2.75) is 25.1 Å². The molecule has 1 aromatic carbocycles. The van der Waals surface area contributed by atoms with Crippen molar-refractivity contribution in [3.05, 3.63) is 35.4 Å². The molecule has 90 valence electrons.